The van der Waals surface area contributed by atoms with Crippen molar-refractivity contribution in [3.05, 3.63) is 108 Å². The van der Waals surface area contributed by atoms with Gasteiger partial charge in [0.1, 0.15) is 6.61 Å². The molecule has 3 aromatic rings. The number of ether oxygens (including phenoxy) is 1. The van der Waals surface area contributed by atoms with Gasteiger partial charge in [0.2, 0.25) is 0 Å². The summed E-state index contributed by atoms with van der Waals surface area (Å²) in [7, 11) is 0. The zero-order chi connectivity index (χ0) is 19.6. The Morgan fingerprint density at radius 2 is 1.50 bits per heavy atom. The molecule has 0 saturated heterocycles. The molecule has 0 bridgehead atoms. The molecule has 0 aliphatic carbocycles. The fourth-order valence-electron chi connectivity index (χ4n) is 2.79. The number of carbonyl (C=O) groups is 1. The molecular formula is C24H22NO3. The Bertz CT molecular complexity index is 907. The fraction of sp³-hybridized carbons (Fsp3) is 0.125. The van der Waals surface area contributed by atoms with Crippen LogP contribution >= 0.6 is 0 Å². The van der Waals surface area contributed by atoms with Gasteiger partial charge in [-0.2, -0.15) is 0 Å². The van der Waals surface area contributed by atoms with Crippen LogP contribution in [0.4, 0.5) is 10.5 Å². The second kappa shape index (κ2) is 9.97. The number of rotatable bonds is 7. The Morgan fingerprint density at radius 3 is 2.21 bits per heavy atom. The van der Waals surface area contributed by atoms with E-state index in [9.17, 15) is 9.90 Å². The third-order valence-electron chi connectivity index (χ3n) is 4.19. The van der Waals surface area contributed by atoms with E-state index in [-0.39, 0.29) is 12.4 Å². The second-order valence-corrected chi connectivity index (χ2v) is 6.31. The lowest BCUT2D eigenvalue weighted by molar-refractivity contribution is 0.165. The first-order valence-electron chi connectivity index (χ1n) is 9.16. The van der Waals surface area contributed by atoms with Gasteiger partial charge in [-0.25, -0.2) is 4.79 Å². The van der Waals surface area contributed by atoms with Crippen LogP contribution in [-0.2, 0) is 22.8 Å². The summed E-state index contributed by atoms with van der Waals surface area (Å²) in [4.78, 5) is 14.3. The van der Waals surface area contributed by atoms with E-state index in [1.165, 1.54) is 6.07 Å². The minimum Gasteiger partial charge on any atom is -0.445 e. The van der Waals surface area contributed by atoms with Crippen LogP contribution in [0, 0.1) is 0 Å². The Hall–Kier alpha value is -3.53. The van der Waals surface area contributed by atoms with Crippen molar-refractivity contribution in [2.75, 3.05) is 11.5 Å². The molecule has 28 heavy (non-hydrogen) atoms. The highest BCUT2D eigenvalue weighted by Crippen LogP contribution is 2.18. The van der Waals surface area contributed by atoms with Crippen molar-refractivity contribution in [2.24, 2.45) is 0 Å². The van der Waals surface area contributed by atoms with Crippen molar-refractivity contribution in [3.63, 3.8) is 0 Å². The average Bonchev–Trinajstić information content (AvgIpc) is 2.73. The molecule has 4 nitrogen and oxygen atoms in total. The zero-order valence-corrected chi connectivity index (χ0v) is 15.5. The minimum absolute atomic E-state index is 0.00302. The molecule has 0 N–H and O–H groups in total. The molecule has 1 amide bonds. The van der Waals surface area contributed by atoms with Gasteiger partial charge >= 0.3 is 6.09 Å². The Kier molecular flexibility index (Phi) is 6.85. The number of benzene rings is 3. The first kappa shape index (κ1) is 19.2. The molecule has 0 spiro atoms. The highest BCUT2D eigenvalue weighted by atomic mass is 16.6. The van der Waals surface area contributed by atoms with E-state index in [1.54, 1.807) is 23.1 Å². The van der Waals surface area contributed by atoms with Gasteiger partial charge in [-0.05, 0) is 41.8 Å². The molecule has 0 fully saturated rings. The SMILES string of the molecule is [O]c1cccc(CC=CCOC(=O)N(Cc2ccccc2)c2ccccc2)c1. The minimum atomic E-state index is -0.402. The topological polar surface area (TPSA) is 49.4 Å². The van der Waals surface area contributed by atoms with Gasteiger partial charge in [0.25, 0.3) is 0 Å². The van der Waals surface area contributed by atoms with E-state index in [4.69, 9.17) is 4.74 Å². The van der Waals surface area contributed by atoms with Crippen LogP contribution in [0.2, 0.25) is 0 Å². The lowest BCUT2D eigenvalue weighted by atomic mass is 10.1. The number of allylic oxidation sites excluding steroid dienone is 1. The molecule has 0 aromatic heterocycles. The van der Waals surface area contributed by atoms with Crippen LogP contribution in [0.15, 0.2) is 97.1 Å². The van der Waals surface area contributed by atoms with Crippen LogP contribution < -0.4 is 4.90 Å². The van der Waals surface area contributed by atoms with E-state index in [0.29, 0.717) is 13.0 Å². The predicted octanol–water partition coefficient (Wildman–Crippen LogP) is 5.77. The summed E-state index contributed by atoms with van der Waals surface area (Å²) in [5.41, 5.74) is 2.74. The van der Waals surface area contributed by atoms with Gasteiger partial charge in [-0.1, -0.05) is 72.8 Å². The molecule has 0 atom stereocenters. The molecule has 0 saturated carbocycles. The maximum absolute atomic E-state index is 12.7. The monoisotopic (exact) mass is 372 g/mol. The van der Waals surface area contributed by atoms with E-state index >= 15 is 0 Å². The molecule has 1 radical (unpaired) electrons. The van der Waals surface area contributed by atoms with Gasteiger partial charge in [-0.15, -0.1) is 0 Å². The molecule has 4 heteroatoms. The summed E-state index contributed by atoms with van der Waals surface area (Å²) in [6.45, 7) is 0.609. The first-order chi connectivity index (χ1) is 13.7. The zero-order valence-electron chi connectivity index (χ0n) is 15.5. The number of para-hydroxylation sites is 1. The number of hydrogen-bond donors (Lipinski definition) is 0. The van der Waals surface area contributed by atoms with Gasteiger partial charge in [0, 0.05) is 5.69 Å². The van der Waals surface area contributed by atoms with E-state index in [2.05, 4.69) is 0 Å². The Morgan fingerprint density at radius 1 is 0.821 bits per heavy atom. The Labute approximate surface area is 165 Å². The number of nitrogens with zero attached hydrogens (tertiary/aromatic N) is 1. The van der Waals surface area contributed by atoms with Crippen molar-refractivity contribution in [3.8, 4) is 5.75 Å². The van der Waals surface area contributed by atoms with Crippen LogP contribution in [0.5, 0.6) is 5.75 Å². The molecule has 0 aliphatic rings. The van der Waals surface area contributed by atoms with E-state index < -0.39 is 6.09 Å². The summed E-state index contributed by atoms with van der Waals surface area (Å²) in [5.74, 6) is -0.00302. The number of hydrogen-bond acceptors (Lipinski definition) is 2. The standard InChI is InChI=1S/C24H22NO3/c26-23-16-9-13-20(18-23)10-7-8-17-28-24(27)25(22-14-5-2-6-15-22)19-21-11-3-1-4-12-21/h1-9,11-16,18H,10,17,19H2. The van der Waals surface area contributed by atoms with Gasteiger partial charge in [0.15, 0.2) is 5.75 Å². The summed E-state index contributed by atoms with van der Waals surface area (Å²) in [5, 5.41) is 11.3. The molecular weight excluding hydrogens is 350 g/mol. The number of amides is 1. The highest BCUT2D eigenvalue weighted by molar-refractivity contribution is 5.87. The van der Waals surface area contributed by atoms with Crippen LogP contribution in [0.1, 0.15) is 11.1 Å². The summed E-state index contributed by atoms with van der Waals surface area (Å²) >= 11 is 0. The smallest absolute Gasteiger partial charge is 0.414 e. The van der Waals surface area contributed by atoms with Crippen LogP contribution in [0.3, 0.4) is 0 Å². The quantitative estimate of drug-likeness (QED) is 0.494. The second-order valence-electron chi connectivity index (χ2n) is 6.31. The molecule has 0 aliphatic heterocycles. The maximum atomic E-state index is 12.7. The predicted molar refractivity (Wildman–Crippen MR) is 110 cm³/mol. The van der Waals surface area contributed by atoms with Gasteiger partial charge in [0.05, 0.1) is 6.54 Å². The molecule has 3 rings (SSSR count). The molecule has 0 heterocycles. The largest absolute Gasteiger partial charge is 0.445 e. The van der Waals surface area contributed by atoms with Gasteiger partial charge < -0.3 is 4.74 Å². The van der Waals surface area contributed by atoms with Crippen LogP contribution in [-0.4, -0.2) is 12.7 Å². The van der Waals surface area contributed by atoms with E-state index in [1.807, 2.05) is 72.8 Å². The van der Waals surface area contributed by atoms with Crippen LogP contribution in [0.25, 0.3) is 0 Å². The summed E-state index contributed by atoms with van der Waals surface area (Å²) in [6, 6.07) is 26.0. The van der Waals surface area contributed by atoms with Crippen molar-refractivity contribution in [1.29, 1.82) is 0 Å². The normalized spacial score (nSPS) is 10.7. The number of anilines is 1. The summed E-state index contributed by atoms with van der Waals surface area (Å²) < 4.78 is 5.43. The molecule has 0 unspecified atom stereocenters. The number of carbonyl (C=O) groups excluding carboxylic acids is 1. The third kappa shape index (κ3) is 5.74. The lowest BCUT2D eigenvalue weighted by Crippen LogP contribution is -2.31. The third-order valence-corrected chi connectivity index (χ3v) is 4.19. The highest BCUT2D eigenvalue weighted by Gasteiger charge is 2.17. The van der Waals surface area contributed by atoms with Crippen molar-refractivity contribution in [2.45, 2.75) is 13.0 Å². The van der Waals surface area contributed by atoms with Crippen molar-refractivity contribution >= 4 is 11.8 Å². The van der Waals surface area contributed by atoms with Gasteiger partial charge in [-0.3, -0.25) is 10.0 Å². The lowest BCUT2D eigenvalue weighted by Gasteiger charge is -2.22. The molecule has 3 aromatic carbocycles. The van der Waals surface area contributed by atoms with Crippen molar-refractivity contribution < 1.29 is 14.6 Å². The van der Waals surface area contributed by atoms with E-state index in [0.717, 1.165) is 16.8 Å². The fourth-order valence-corrected chi connectivity index (χ4v) is 2.79. The first-order valence-corrected chi connectivity index (χ1v) is 9.16. The van der Waals surface area contributed by atoms with Crippen molar-refractivity contribution in [1.82, 2.24) is 0 Å². The maximum Gasteiger partial charge on any atom is 0.414 e. The summed E-state index contributed by atoms with van der Waals surface area (Å²) in [6.07, 6.45) is 3.91. The molecule has 141 valence electrons. The average molecular weight is 372 g/mol. The Balaban J connectivity index is 1.59.